The van der Waals surface area contributed by atoms with Crippen molar-refractivity contribution in [3.8, 4) is 11.5 Å². The minimum absolute atomic E-state index is 0.291. The smallest absolute Gasteiger partial charge is 0.122 e. The summed E-state index contributed by atoms with van der Waals surface area (Å²) in [5.41, 5.74) is 1.07. The average molecular weight is 210 g/mol. The van der Waals surface area contributed by atoms with E-state index < -0.39 is 0 Å². The summed E-state index contributed by atoms with van der Waals surface area (Å²) in [5, 5.41) is 9.23. The number of methoxy groups -OCH3 is 2. The summed E-state index contributed by atoms with van der Waals surface area (Å²) in [6.07, 6.45) is 1.22. The second-order valence-electron chi connectivity index (χ2n) is 3.57. The van der Waals surface area contributed by atoms with E-state index in [1.165, 1.54) is 0 Å². The van der Waals surface area contributed by atoms with Crippen molar-refractivity contribution in [2.45, 2.75) is 25.9 Å². The van der Waals surface area contributed by atoms with Gasteiger partial charge in [-0.25, -0.2) is 0 Å². The fraction of sp³-hybridized carbons (Fsp3) is 0.500. The summed E-state index contributed by atoms with van der Waals surface area (Å²) in [6.45, 7) is 1.78. The molecule has 3 nitrogen and oxygen atoms in total. The third-order valence-electron chi connectivity index (χ3n) is 2.32. The highest BCUT2D eigenvalue weighted by Gasteiger charge is 2.06. The highest BCUT2D eigenvalue weighted by molar-refractivity contribution is 5.40. The predicted octanol–water partition coefficient (Wildman–Crippen LogP) is 2.02. The lowest BCUT2D eigenvalue weighted by Crippen LogP contribution is -2.02. The highest BCUT2D eigenvalue weighted by Crippen LogP contribution is 2.25. The Kier molecular flexibility index (Phi) is 4.43. The average Bonchev–Trinajstić information content (AvgIpc) is 2.25. The second-order valence-corrected chi connectivity index (χ2v) is 3.57. The standard InChI is InChI=1S/C12H18O3/c1-9(13)4-5-10-8-11(14-2)6-7-12(10)15-3/h6-9,13H,4-5H2,1-3H3/t9-/m0/s1. The molecule has 0 spiro atoms. The van der Waals surface area contributed by atoms with Gasteiger partial charge in [0.1, 0.15) is 11.5 Å². The molecule has 1 aromatic rings. The summed E-state index contributed by atoms with van der Waals surface area (Å²) in [7, 11) is 3.29. The molecule has 0 heterocycles. The van der Waals surface area contributed by atoms with Gasteiger partial charge in [0.2, 0.25) is 0 Å². The molecule has 0 radical (unpaired) electrons. The fourth-order valence-corrected chi connectivity index (χ4v) is 1.44. The zero-order chi connectivity index (χ0) is 11.3. The van der Waals surface area contributed by atoms with Crippen LogP contribution in [0.25, 0.3) is 0 Å². The van der Waals surface area contributed by atoms with Crippen molar-refractivity contribution in [1.82, 2.24) is 0 Å². The molecule has 1 atom stereocenters. The summed E-state index contributed by atoms with van der Waals surface area (Å²) >= 11 is 0. The Morgan fingerprint density at radius 3 is 2.53 bits per heavy atom. The quantitative estimate of drug-likeness (QED) is 0.808. The van der Waals surface area contributed by atoms with Crippen LogP contribution in [0, 0.1) is 0 Å². The van der Waals surface area contributed by atoms with Crippen molar-refractivity contribution >= 4 is 0 Å². The summed E-state index contributed by atoms with van der Waals surface area (Å²) in [4.78, 5) is 0. The van der Waals surface area contributed by atoms with Crippen molar-refractivity contribution < 1.29 is 14.6 Å². The van der Waals surface area contributed by atoms with Gasteiger partial charge >= 0.3 is 0 Å². The Hall–Kier alpha value is -1.22. The van der Waals surface area contributed by atoms with E-state index in [2.05, 4.69) is 0 Å². The Morgan fingerprint density at radius 2 is 2.00 bits per heavy atom. The molecule has 0 saturated carbocycles. The number of ether oxygens (including phenoxy) is 2. The van der Waals surface area contributed by atoms with Gasteiger partial charge in [-0.15, -0.1) is 0 Å². The molecule has 0 bridgehead atoms. The first-order chi connectivity index (χ1) is 7.17. The molecule has 0 saturated heterocycles. The van der Waals surface area contributed by atoms with Gasteiger partial charge in [0.05, 0.1) is 20.3 Å². The normalized spacial score (nSPS) is 12.3. The molecule has 0 amide bonds. The molecule has 1 N–H and O–H groups in total. The van der Waals surface area contributed by atoms with Crippen LogP contribution in [0.3, 0.4) is 0 Å². The monoisotopic (exact) mass is 210 g/mol. The molecule has 15 heavy (non-hydrogen) atoms. The summed E-state index contributed by atoms with van der Waals surface area (Å²) in [6, 6.07) is 5.70. The summed E-state index contributed by atoms with van der Waals surface area (Å²) in [5.74, 6) is 1.66. The highest BCUT2D eigenvalue weighted by atomic mass is 16.5. The maximum absolute atomic E-state index is 9.23. The molecule has 0 aliphatic carbocycles. The van der Waals surface area contributed by atoms with Crippen molar-refractivity contribution in [3.05, 3.63) is 23.8 Å². The predicted molar refractivity (Wildman–Crippen MR) is 59.5 cm³/mol. The molecule has 1 aromatic carbocycles. The number of hydrogen-bond donors (Lipinski definition) is 1. The number of hydrogen-bond acceptors (Lipinski definition) is 3. The molecule has 84 valence electrons. The van der Waals surface area contributed by atoms with Crippen LogP contribution in [0.15, 0.2) is 18.2 Å². The Morgan fingerprint density at radius 1 is 1.27 bits per heavy atom. The molecule has 1 rings (SSSR count). The van der Waals surface area contributed by atoms with Gasteiger partial charge in [0.15, 0.2) is 0 Å². The molecular weight excluding hydrogens is 192 g/mol. The van der Waals surface area contributed by atoms with Crippen LogP contribution in [-0.2, 0) is 6.42 Å². The van der Waals surface area contributed by atoms with E-state index in [1.54, 1.807) is 21.1 Å². The van der Waals surface area contributed by atoms with E-state index >= 15 is 0 Å². The SMILES string of the molecule is COc1ccc(OC)c(CC[C@H](C)O)c1. The maximum Gasteiger partial charge on any atom is 0.122 e. The van der Waals surface area contributed by atoms with Crippen LogP contribution in [0.2, 0.25) is 0 Å². The second kappa shape index (κ2) is 5.61. The van der Waals surface area contributed by atoms with Crippen LogP contribution in [-0.4, -0.2) is 25.4 Å². The lowest BCUT2D eigenvalue weighted by molar-refractivity contribution is 0.184. The van der Waals surface area contributed by atoms with Gasteiger partial charge in [0.25, 0.3) is 0 Å². The van der Waals surface area contributed by atoms with E-state index in [0.29, 0.717) is 0 Å². The molecule has 0 unspecified atom stereocenters. The van der Waals surface area contributed by atoms with E-state index in [0.717, 1.165) is 29.9 Å². The first-order valence-electron chi connectivity index (χ1n) is 5.06. The lowest BCUT2D eigenvalue weighted by atomic mass is 10.1. The van der Waals surface area contributed by atoms with Crippen molar-refractivity contribution in [2.75, 3.05) is 14.2 Å². The number of aryl methyl sites for hydroxylation is 1. The molecular formula is C12H18O3. The molecule has 0 aliphatic rings. The largest absolute Gasteiger partial charge is 0.497 e. The lowest BCUT2D eigenvalue weighted by Gasteiger charge is -2.11. The maximum atomic E-state index is 9.23. The summed E-state index contributed by atoms with van der Waals surface area (Å²) < 4.78 is 10.4. The van der Waals surface area contributed by atoms with Crippen LogP contribution in [0.5, 0.6) is 11.5 Å². The number of aliphatic hydroxyl groups excluding tert-OH is 1. The minimum Gasteiger partial charge on any atom is -0.497 e. The van der Waals surface area contributed by atoms with Crippen molar-refractivity contribution in [2.24, 2.45) is 0 Å². The molecule has 3 heteroatoms. The number of aliphatic hydroxyl groups is 1. The Labute approximate surface area is 90.6 Å². The number of rotatable bonds is 5. The van der Waals surface area contributed by atoms with Gasteiger partial charge in [-0.3, -0.25) is 0 Å². The number of benzene rings is 1. The molecule has 0 aromatic heterocycles. The van der Waals surface area contributed by atoms with Crippen LogP contribution >= 0.6 is 0 Å². The Balaban J connectivity index is 2.81. The van der Waals surface area contributed by atoms with Gasteiger partial charge in [0, 0.05) is 0 Å². The van der Waals surface area contributed by atoms with Crippen molar-refractivity contribution in [3.63, 3.8) is 0 Å². The van der Waals surface area contributed by atoms with Crippen molar-refractivity contribution in [1.29, 1.82) is 0 Å². The Bertz CT molecular complexity index is 308. The minimum atomic E-state index is -0.291. The molecule has 0 fully saturated rings. The van der Waals surface area contributed by atoms with Crippen LogP contribution in [0.4, 0.5) is 0 Å². The van der Waals surface area contributed by atoms with Gasteiger partial charge < -0.3 is 14.6 Å². The zero-order valence-corrected chi connectivity index (χ0v) is 9.49. The first kappa shape index (κ1) is 11.9. The third-order valence-corrected chi connectivity index (χ3v) is 2.32. The fourth-order valence-electron chi connectivity index (χ4n) is 1.44. The zero-order valence-electron chi connectivity index (χ0n) is 9.49. The first-order valence-corrected chi connectivity index (χ1v) is 5.06. The van der Waals surface area contributed by atoms with E-state index in [1.807, 2.05) is 18.2 Å². The molecule has 0 aliphatic heterocycles. The topological polar surface area (TPSA) is 38.7 Å². The van der Waals surface area contributed by atoms with E-state index in [-0.39, 0.29) is 6.10 Å². The van der Waals surface area contributed by atoms with E-state index in [9.17, 15) is 5.11 Å². The van der Waals surface area contributed by atoms with Gasteiger partial charge in [-0.2, -0.15) is 0 Å². The van der Waals surface area contributed by atoms with Crippen LogP contribution in [0.1, 0.15) is 18.9 Å². The van der Waals surface area contributed by atoms with Gasteiger partial charge in [-0.05, 0) is 43.5 Å². The third kappa shape index (κ3) is 3.44. The van der Waals surface area contributed by atoms with Crippen LogP contribution < -0.4 is 9.47 Å². The van der Waals surface area contributed by atoms with E-state index in [4.69, 9.17) is 9.47 Å². The van der Waals surface area contributed by atoms with Gasteiger partial charge in [-0.1, -0.05) is 0 Å².